The molecule has 17 heavy (non-hydrogen) atoms. The largest absolute Gasteiger partial charge is 0.368 e. The van der Waals surface area contributed by atoms with E-state index >= 15 is 0 Å². The number of hydrogen-bond donors (Lipinski definition) is 2. The minimum atomic E-state index is -0.287. The van der Waals surface area contributed by atoms with Crippen molar-refractivity contribution in [1.29, 1.82) is 0 Å². The van der Waals surface area contributed by atoms with E-state index in [1.807, 2.05) is 6.92 Å². The maximum atomic E-state index is 11.2. The molecule has 1 atom stereocenters. The summed E-state index contributed by atoms with van der Waals surface area (Å²) in [5.41, 5.74) is 7.81. The molecule has 1 aromatic rings. The normalized spacial score (nSPS) is 12.4. The summed E-state index contributed by atoms with van der Waals surface area (Å²) in [6.07, 6.45) is 0. The summed E-state index contributed by atoms with van der Waals surface area (Å²) in [5.74, 6) is 0.387. The average molecular weight is 252 g/mol. The monoisotopic (exact) mass is 252 g/mol. The SMILES string of the molecule is CCNC(CSc1cc(C)ccc1C)C(N)=O. The van der Waals surface area contributed by atoms with Gasteiger partial charge in [0, 0.05) is 10.6 Å². The van der Waals surface area contributed by atoms with Gasteiger partial charge in [0.2, 0.25) is 5.91 Å². The van der Waals surface area contributed by atoms with Crippen LogP contribution < -0.4 is 11.1 Å². The Hall–Kier alpha value is -1.00. The lowest BCUT2D eigenvalue weighted by atomic mass is 10.2. The summed E-state index contributed by atoms with van der Waals surface area (Å²) in [6, 6.07) is 6.08. The highest BCUT2D eigenvalue weighted by Crippen LogP contribution is 2.24. The molecule has 0 aromatic heterocycles. The zero-order chi connectivity index (χ0) is 12.8. The highest BCUT2D eigenvalue weighted by Gasteiger charge is 2.14. The molecule has 0 radical (unpaired) electrons. The minimum Gasteiger partial charge on any atom is -0.368 e. The van der Waals surface area contributed by atoms with Crippen molar-refractivity contribution < 1.29 is 4.79 Å². The van der Waals surface area contributed by atoms with Crippen molar-refractivity contribution in [3.63, 3.8) is 0 Å². The Bertz CT molecular complexity index is 393. The predicted molar refractivity (Wildman–Crippen MR) is 73.3 cm³/mol. The summed E-state index contributed by atoms with van der Waals surface area (Å²) >= 11 is 1.67. The van der Waals surface area contributed by atoms with Gasteiger partial charge in [-0.3, -0.25) is 4.79 Å². The molecular weight excluding hydrogens is 232 g/mol. The van der Waals surface area contributed by atoms with Crippen molar-refractivity contribution in [1.82, 2.24) is 5.32 Å². The maximum absolute atomic E-state index is 11.2. The minimum absolute atomic E-state index is 0.259. The molecular formula is C13H20N2OS. The first-order chi connectivity index (χ1) is 8.04. The first-order valence-electron chi connectivity index (χ1n) is 5.77. The Labute approximate surface area is 107 Å². The van der Waals surface area contributed by atoms with E-state index in [9.17, 15) is 4.79 Å². The van der Waals surface area contributed by atoms with Crippen LogP contribution in [-0.2, 0) is 4.79 Å². The second-order valence-corrected chi connectivity index (χ2v) is 5.15. The molecule has 0 bridgehead atoms. The third-order valence-electron chi connectivity index (χ3n) is 2.54. The molecule has 0 saturated carbocycles. The Morgan fingerprint density at radius 3 is 2.76 bits per heavy atom. The second-order valence-electron chi connectivity index (χ2n) is 4.09. The van der Waals surface area contributed by atoms with Gasteiger partial charge in [-0.15, -0.1) is 11.8 Å². The molecule has 0 fully saturated rings. The van der Waals surface area contributed by atoms with Gasteiger partial charge in [0.1, 0.15) is 0 Å². The van der Waals surface area contributed by atoms with Crippen molar-refractivity contribution in [2.75, 3.05) is 12.3 Å². The predicted octanol–water partition coefficient (Wildman–Crippen LogP) is 1.86. The van der Waals surface area contributed by atoms with E-state index in [0.29, 0.717) is 5.75 Å². The van der Waals surface area contributed by atoms with Crippen LogP contribution >= 0.6 is 11.8 Å². The number of amides is 1. The lowest BCUT2D eigenvalue weighted by Gasteiger charge is -2.14. The van der Waals surface area contributed by atoms with Crippen molar-refractivity contribution in [2.24, 2.45) is 5.73 Å². The number of nitrogens with one attached hydrogen (secondary N) is 1. The van der Waals surface area contributed by atoms with Gasteiger partial charge in [-0.05, 0) is 32.0 Å². The third kappa shape index (κ3) is 4.40. The van der Waals surface area contributed by atoms with E-state index in [0.717, 1.165) is 6.54 Å². The van der Waals surface area contributed by atoms with E-state index in [1.54, 1.807) is 11.8 Å². The standard InChI is InChI=1S/C13H20N2OS/c1-4-15-11(13(14)16)8-17-12-7-9(2)5-6-10(12)3/h5-7,11,15H,4,8H2,1-3H3,(H2,14,16). The smallest absolute Gasteiger partial charge is 0.235 e. The molecule has 0 spiro atoms. The molecule has 1 amide bonds. The van der Waals surface area contributed by atoms with Gasteiger partial charge >= 0.3 is 0 Å². The molecule has 0 aliphatic rings. The third-order valence-corrected chi connectivity index (χ3v) is 3.79. The van der Waals surface area contributed by atoms with Gasteiger partial charge < -0.3 is 11.1 Å². The van der Waals surface area contributed by atoms with Crippen molar-refractivity contribution >= 4 is 17.7 Å². The van der Waals surface area contributed by atoms with E-state index in [1.165, 1.54) is 16.0 Å². The molecule has 3 N–H and O–H groups in total. The highest BCUT2D eigenvalue weighted by atomic mass is 32.2. The molecule has 0 aliphatic heterocycles. The Kier molecular flexibility index (Phi) is 5.51. The van der Waals surface area contributed by atoms with Crippen LogP contribution in [0.2, 0.25) is 0 Å². The summed E-state index contributed by atoms with van der Waals surface area (Å²) in [6.45, 7) is 6.87. The average Bonchev–Trinajstić information content (AvgIpc) is 2.28. The van der Waals surface area contributed by atoms with E-state index < -0.39 is 0 Å². The Morgan fingerprint density at radius 1 is 1.47 bits per heavy atom. The van der Waals surface area contributed by atoms with Crippen molar-refractivity contribution in [3.8, 4) is 0 Å². The summed E-state index contributed by atoms with van der Waals surface area (Å²) < 4.78 is 0. The zero-order valence-electron chi connectivity index (χ0n) is 10.6. The second kappa shape index (κ2) is 6.67. The lowest BCUT2D eigenvalue weighted by molar-refractivity contribution is -0.119. The zero-order valence-corrected chi connectivity index (χ0v) is 11.4. The van der Waals surface area contributed by atoms with Crippen LogP contribution in [0.4, 0.5) is 0 Å². The molecule has 0 saturated heterocycles. The first-order valence-corrected chi connectivity index (χ1v) is 6.76. The molecule has 1 rings (SSSR count). The van der Waals surface area contributed by atoms with Gasteiger partial charge in [-0.1, -0.05) is 24.6 Å². The van der Waals surface area contributed by atoms with Crippen LogP contribution in [0.5, 0.6) is 0 Å². The number of rotatable bonds is 6. The maximum Gasteiger partial charge on any atom is 0.235 e. The number of hydrogen-bond acceptors (Lipinski definition) is 3. The lowest BCUT2D eigenvalue weighted by Crippen LogP contribution is -2.43. The molecule has 0 aliphatic carbocycles. The highest BCUT2D eigenvalue weighted by molar-refractivity contribution is 7.99. The van der Waals surface area contributed by atoms with Crippen molar-refractivity contribution in [3.05, 3.63) is 29.3 Å². The number of carbonyl (C=O) groups excluding carboxylic acids is 1. The quantitative estimate of drug-likeness (QED) is 0.760. The number of nitrogens with two attached hydrogens (primary N) is 1. The number of aryl methyl sites for hydroxylation is 2. The van der Waals surface area contributed by atoms with E-state index in [2.05, 4.69) is 37.4 Å². The van der Waals surface area contributed by atoms with Crippen LogP contribution in [0.3, 0.4) is 0 Å². The number of primary amides is 1. The summed E-state index contributed by atoms with van der Waals surface area (Å²) in [7, 11) is 0. The molecule has 94 valence electrons. The fourth-order valence-corrected chi connectivity index (χ4v) is 2.72. The number of benzene rings is 1. The topological polar surface area (TPSA) is 55.1 Å². The number of carbonyl (C=O) groups is 1. The molecule has 3 nitrogen and oxygen atoms in total. The van der Waals surface area contributed by atoms with Crippen LogP contribution in [-0.4, -0.2) is 24.2 Å². The fourth-order valence-electron chi connectivity index (χ4n) is 1.52. The van der Waals surface area contributed by atoms with Gasteiger partial charge in [0.15, 0.2) is 0 Å². The summed E-state index contributed by atoms with van der Waals surface area (Å²) in [4.78, 5) is 12.4. The molecule has 1 aromatic carbocycles. The summed E-state index contributed by atoms with van der Waals surface area (Å²) in [5, 5.41) is 3.09. The fraction of sp³-hybridized carbons (Fsp3) is 0.462. The van der Waals surface area contributed by atoms with Crippen LogP contribution in [0.25, 0.3) is 0 Å². The van der Waals surface area contributed by atoms with Gasteiger partial charge in [0.25, 0.3) is 0 Å². The first kappa shape index (κ1) is 14.1. The Morgan fingerprint density at radius 2 is 2.18 bits per heavy atom. The van der Waals surface area contributed by atoms with Crippen LogP contribution in [0.15, 0.2) is 23.1 Å². The van der Waals surface area contributed by atoms with E-state index in [-0.39, 0.29) is 11.9 Å². The Balaban J connectivity index is 2.64. The molecule has 4 heteroatoms. The van der Waals surface area contributed by atoms with Crippen molar-refractivity contribution in [2.45, 2.75) is 31.7 Å². The van der Waals surface area contributed by atoms with Crippen LogP contribution in [0.1, 0.15) is 18.1 Å². The number of likely N-dealkylation sites (N-methyl/N-ethyl adjacent to an activating group) is 1. The number of thioether (sulfide) groups is 1. The van der Waals surface area contributed by atoms with Gasteiger partial charge in [0.05, 0.1) is 6.04 Å². The molecule has 1 unspecified atom stereocenters. The van der Waals surface area contributed by atoms with Gasteiger partial charge in [-0.25, -0.2) is 0 Å². The molecule has 0 heterocycles. The van der Waals surface area contributed by atoms with E-state index in [4.69, 9.17) is 5.73 Å². The van der Waals surface area contributed by atoms with Gasteiger partial charge in [-0.2, -0.15) is 0 Å². The van der Waals surface area contributed by atoms with Crippen LogP contribution in [0, 0.1) is 13.8 Å².